The van der Waals surface area contributed by atoms with Gasteiger partial charge in [0.2, 0.25) is 0 Å². The second kappa shape index (κ2) is 8.39. The Morgan fingerprint density at radius 1 is 1.35 bits per heavy atom. The van der Waals surface area contributed by atoms with Crippen molar-refractivity contribution in [1.82, 2.24) is 10.1 Å². The molecule has 0 unspecified atom stereocenters. The van der Waals surface area contributed by atoms with E-state index in [2.05, 4.69) is 17.3 Å². The summed E-state index contributed by atoms with van der Waals surface area (Å²) in [6, 6.07) is 8.26. The van der Waals surface area contributed by atoms with Crippen LogP contribution in [-0.2, 0) is 12.8 Å². The first kappa shape index (κ1) is 18.5. The smallest absolute Gasteiger partial charge is 0.259 e. The topological polar surface area (TPSA) is 55.6 Å². The van der Waals surface area contributed by atoms with E-state index in [4.69, 9.17) is 9.26 Å². The average Bonchev–Trinajstić information content (AvgIpc) is 3.07. The number of ether oxygens (including phenoxy) is 1. The van der Waals surface area contributed by atoms with E-state index < -0.39 is 0 Å². The Morgan fingerprint density at radius 2 is 2.12 bits per heavy atom. The van der Waals surface area contributed by atoms with Crippen molar-refractivity contribution in [3.8, 4) is 5.75 Å². The first-order chi connectivity index (χ1) is 12.6. The largest absolute Gasteiger partial charge is 0.497 e. The molecule has 1 aromatic carbocycles. The van der Waals surface area contributed by atoms with Crippen molar-refractivity contribution in [2.75, 3.05) is 20.2 Å². The maximum absolute atomic E-state index is 13.0. The summed E-state index contributed by atoms with van der Waals surface area (Å²) in [6.45, 7) is 5.47. The molecule has 5 nitrogen and oxygen atoms in total. The Balaban J connectivity index is 1.59. The minimum atomic E-state index is 0.0785. The van der Waals surface area contributed by atoms with Gasteiger partial charge in [-0.15, -0.1) is 0 Å². The van der Waals surface area contributed by atoms with Gasteiger partial charge in [-0.3, -0.25) is 4.79 Å². The van der Waals surface area contributed by atoms with Gasteiger partial charge in [0.25, 0.3) is 5.91 Å². The summed E-state index contributed by atoms with van der Waals surface area (Å²) in [6.07, 6.45) is 5.09. The number of hydrogen-bond acceptors (Lipinski definition) is 4. The molecule has 1 aliphatic rings. The summed E-state index contributed by atoms with van der Waals surface area (Å²) >= 11 is 0. The Kier molecular flexibility index (Phi) is 5.96. The third-order valence-corrected chi connectivity index (χ3v) is 5.29. The Morgan fingerprint density at radius 3 is 2.81 bits per heavy atom. The molecule has 1 saturated heterocycles. The monoisotopic (exact) mass is 356 g/mol. The lowest BCUT2D eigenvalue weighted by Gasteiger charge is -2.33. The molecule has 1 amide bonds. The van der Waals surface area contributed by atoms with Crippen LogP contribution in [-0.4, -0.2) is 36.2 Å². The first-order valence-electron chi connectivity index (χ1n) is 9.49. The number of aromatic nitrogens is 1. The van der Waals surface area contributed by atoms with Crippen LogP contribution in [0.1, 0.15) is 53.6 Å². The van der Waals surface area contributed by atoms with Crippen LogP contribution in [0.25, 0.3) is 0 Å². The van der Waals surface area contributed by atoms with Crippen molar-refractivity contribution < 1.29 is 14.1 Å². The van der Waals surface area contributed by atoms with E-state index in [1.807, 2.05) is 30.9 Å². The van der Waals surface area contributed by atoms with Crippen molar-refractivity contribution >= 4 is 5.91 Å². The maximum Gasteiger partial charge on any atom is 0.259 e. The molecule has 3 rings (SSSR count). The molecule has 2 aromatic rings. The number of aryl methyl sites for hydroxylation is 3. The molecule has 0 radical (unpaired) electrons. The van der Waals surface area contributed by atoms with E-state index in [-0.39, 0.29) is 5.91 Å². The maximum atomic E-state index is 13.0. The molecule has 0 saturated carbocycles. The summed E-state index contributed by atoms with van der Waals surface area (Å²) in [5, 5.41) is 4.03. The molecule has 1 aliphatic heterocycles. The molecule has 1 fully saturated rings. The quantitative estimate of drug-likeness (QED) is 0.784. The van der Waals surface area contributed by atoms with Crippen molar-refractivity contribution in [3.63, 3.8) is 0 Å². The predicted molar refractivity (Wildman–Crippen MR) is 101 cm³/mol. The number of methoxy groups -OCH3 is 1. The molecule has 1 atom stereocenters. The van der Waals surface area contributed by atoms with Gasteiger partial charge in [0, 0.05) is 13.1 Å². The molecule has 0 N–H and O–H groups in total. The second-order valence-electron chi connectivity index (χ2n) is 7.06. The van der Waals surface area contributed by atoms with Crippen LogP contribution in [0.4, 0.5) is 0 Å². The molecule has 0 bridgehead atoms. The van der Waals surface area contributed by atoms with Gasteiger partial charge >= 0.3 is 0 Å². The molecular formula is C21H28N2O3. The highest BCUT2D eigenvalue weighted by atomic mass is 16.5. The third kappa shape index (κ3) is 4.09. The number of benzene rings is 1. The number of likely N-dealkylation sites (tertiary alicyclic amines) is 1. The molecule has 0 spiro atoms. The Hall–Kier alpha value is -2.30. The lowest BCUT2D eigenvalue weighted by atomic mass is 9.91. The van der Waals surface area contributed by atoms with Crippen molar-refractivity contribution in [2.24, 2.45) is 5.92 Å². The van der Waals surface area contributed by atoms with Crippen molar-refractivity contribution in [2.45, 2.75) is 46.0 Å². The van der Waals surface area contributed by atoms with Gasteiger partial charge in [0.05, 0.1) is 12.8 Å². The highest BCUT2D eigenvalue weighted by Crippen LogP contribution is 2.25. The van der Waals surface area contributed by atoms with Gasteiger partial charge in [-0.05, 0) is 62.6 Å². The van der Waals surface area contributed by atoms with Crippen LogP contribution < -0.4 is 4.74 Å². The second-order valence-corrected chi connectivity index (χ2v) is 7.06. The van der Waals surface area contributed by atoms with Crippen molar-refractivity contribution in [3.05, 3.63) is 46.8 Å². The highest BCUT2D eigenvalue weighted by Gasteiger charge is 2.28. The Labute approximate surface area is 155 Å². The SMILES string of the molecule is CCc1noc(C)c1C(=O)N1CCC[C@H](CCc2ccc(OC)cc2)C1. The molecule has 1 aromatic heterocycles. The molecule has 0 aliphatic carbocycles. The van der Waals surface area contributed by atoms with E-state index >= 15 is 0 Å². The summed E-state index contributed by atoms with van der Waals surface area (Å²) in [4.78, 5) is 15.0. The van der Waals surface area contributed by atoms with Gasteiger partial charge < -0.3 is 14.2 Å². The standard InChI is InChI=1S/C21H28N2O3/c1-4-19-20(15(2)26-22-19)21(24)23-13-5-6-17(14-23)8-7-16-9-11-18(25-3)12-10-16/h9-12,17H,4-8,13-14H2,1-3H3/t17-/m1/s1. The van der Waals surface area contributed by atoms with Crippen LogP contribution in [0, 0.1) is 12.8 Å². The number of nitrogens with zero attached hydrogens (tertiary/aromatic N) is 2. The van der Waals surface area contributed by atoms with Gasteiger partial charge in [-0.2, -0.15) is 0 Å². The lowest BCUT2D eigenvalue weighted by Crippen LogP contribution is -2.40. The van der Waals surface area contributed by atoms with E-state index in [1.165, 1.54) is 12.0 Å². The third-order valence-electron chi connectivity index (χ3n) is 5.29. The number of carbonyl (C=O) groups is 1. The normalized spacial score (nSPS) is 17.3. The number of rotatable bonds is 6. The lowest BCUT2D eigenvalue weighted by molar-refractivity contribution is 0.0665. The molecule has 140 valence electrons. The van der Waals surface area contributed by atoms with Crippen LogP contribution in [0.5, 0.6) is 5.75 Å². The fraction of sp³-hybridized carbons (Fsp3) is 0.524. The number of carbonyl (C=O) groups excluding carboxylic acids is 1. The molecule has 5 heteroatoms. The van der Waals surface area contributed by atoms with Crippen molar-refractivity contribution in [1.29, 1.82) is 0 Å². The zero-order valence-corrected chi connectivity index (χ0v) is 16.0. The Bertz CT molecular complexity index is 736. The minimum Gasteiger partial charge on any atom is -0.497 e. The minimum absolute atomic E-state index is 0.0785. The van der Waals surface area contributed by atoms with E-state index in [1.54, 1.807) is 7.11 Å². The van der Waals surface area contributed by atoms with Gasteiger partial charge in [-0.25, -0.2) is 0 Å². The van der Waals surface area contributed by atoms with Gasteiger partial charge in [0.1, 0.15) is 17.1 Å². The number of amides is 1. The van der Waals surface area contributed by atoms with Gasteiger partial charge in [0.15, 0.2) is 0 Å². The fourth-order valence-electron chi connectivity index (χ4n) is 3.74. The van der Waals surface area contributed by atoms with E-state index in [9.17, 15) is 4.79 Å². The van der Waals surface area contributed by atoms with Crippen LogP contribution in [0.2, 0.25) is 0 Å². The van der Waals surface area contributed by atoms with E-state index in [0.717, 1.165) is 43.8 Å². The molecular weight excluding hydrogens is 328 g/mol. The van der Waals surface area contributed by atoms with E-state index in [0.29, 0.717) is 23.7 Å². The molecule has 26 heavy (non-hydrogen) atoms. The predicted octanol–water partition coefficient (Wildman–Crippen LogP) is 4.04. The highest BCUT2D eigenvalue weighted by molar-refractivity contribution is 5.96. The van der Waals surface area contributed by atoms with Crippen LogP contribution >= 0.6 is 0 Å². The van der Waals surface area contributed by atoms with Gasteiger partial charge in [-0.1, -0.05) is 24.2 Å². The zero-order valence-electron chi connectivity index (χ0n) is 16.0. The average molecular weight is 356 g/mol. The zero-order chi connectivity index (χ0) is 18.5. The fourth-order valence-corrected chi connectivity index (χ4v) is 3.74. The summed E-state index contributed by atoms with van der Waals surface area (Å²) in [7, 11) is 1.68. The number of hydrogen-bond donors (Lipinski definition) is 0. The summed E-state index contributed by atoms with van der Waals surface area (Å²) < 4.78 is 10.5. The van der Waals surface area contributed by atoms with Crippen LogP contribution in [0.15, 0.2) is 28.8 Å². The first-order valence-corrected chi connectivity index (χ1v) is 9.49. The molecule has 2 heterocycles. The number of piperidine rings is 1. The summed E-state index contributed by atoms with van der Waals surface area (Å²) in [5.74, 6) is 2.14. The summed E-state index contributed by atoms with van der Waals surface area (Å²) in [5.41, 5.74) is 2.76. The van der Waals surface area contributed by atoms with Crippen LogP contribution in [0.3, 0.4) is 0 Å².